The van der Waals surface area contributed by atoms with Gasteiger partial charge in [-0.05, 0) is 48.4 Å². The molecule has 0 saturated carbocycles. The number of hydrogen-bond donors (Lipinski definition) is 1. The number of halogens is 2. The molecular formula is C22H23ClFN3O2. The molecule has 152 valence electrons. The van der Waals surface area contributed by atoms with Gasteiger partial charge in [-0.3, -0.25) is 9.59 Å². The molecule has 29 heavy (non-hydrogen) atoms. The number of carbonyl (C=O) groups excluding carboxylic acids is 2. The molecule has 0 atom stereocenters. The minimum absolute atomic E-state index is 0.0524. The normalized spacial score (nSPS) is 14.7. The molecule has 2 aromatic carbocycles. The van der Waals surface area contributed by atoms with Crippen LogP contribution in [-0.2, 0) is 9.59 Å². The molecule has 2 aromatic rings. The van der Waals surface area contributed by atoms with Gasteiger partial charge in [0.2, 0.25) is 11.8 Å². The average molecular weight is 416 g/mol. The lowest BCUT2D eigenvalue weighted by Crippen LogP contribution is -2.51. The summed E-state index contributed by atoms with van der Waals surface area (Å²) in [6.45, 7) is 4.32. The highest BCUT2D eigenvalue weighted by Gasteiger charge is 2.21. The van der Waals surface area contributed by atoms with E-state index in [0.29, 0.717) is 36.8 Å². The fourth-order valence-electron chi connectivity index (χ4n) is 3.21. The average Bonchev–Trinajstić information content (AvgIpc) is 2.72. The fraction of sp³-hybridized carbons (Fsp3) is 0.273. The highest BCUT2D eigenvalue weighted by Crippen LogP contribution is 2.20. The van der Waals surface area contributed by atoms with Gasteiger partial charge < -0.3 is 15.1 Å². The Morgan fingerprint density at radius 2 is 1.79 bits per heavy atom. The van der Waals surface area contributed by atoms with E-state index >= 15 is 0 Å². The van der Waals surface area contributed by atoms with E-state index in [4.69, 9.17) is 11.6 Å². The largest absolute Gasteiger partial charge is 0.368 e. The summed E-state index contributed by atoms with van der Waals surface area (Å²) in [4.78, 5) is 28.4. The van der Waals surface area contributed by atoms with E-state index in [-0.39, 0.29) is 24.2 Å². The number of allylic oxidation sites excluding steroid dienone is 1. The van der Waals surface area contributed by atoms with Crippen LogP contribution >= 0.6 is 11.6 Å². The second-order valence-electron chi connectivity index (χ2n) is 6.90. The number of anilines is 1. The fourth-order valence-corrected chi connectivity index (χ4v) is 3.39. The van der Waals surface area contributed by atoms with E-state index < -0.39 is 0 Å². The molecule has 3 rings (SSSR count). The predicted octanol–water partition coefficient (Wildman–Crippen LogP) is 3.35. The summed E-state index contributed by atoms with van der Waals surface area (Å²) in [5.41, 5.74) is 2.49. The molecular weight excluding hydrogens is 393 g/mol. The molecule has 1 saturated heterocycles. The van der Waals surface area contributed by atoms with Gasteiger partial charge in [-0.25, -0.2) is 4.39 Å². The van der Waals surface area contributed by atoms with Crippen LogP contribution in [0.15, 0.2) is 54.6 Å². The SMILES string of the molecule is C/C(=C\C(=O)NCC(=O)N1CCN(c2cccc(Cl)c2)CC1)c1ccc(F)cc1. The first-order valence-corrected chi connectivity index (χ1v) is 9.80. The minimum Gasteiger partial charge on any atom is -0.368 e. The van der Waals surface area contributed by atoms with Gasteiger partial charge >= 0.3 is 0 Å². The quantitative estimate of drug-likeness (QED) is 0.762. The van der Waals surface area contributed by atoms with Crippen LogP contribution in [0.3, 0.4) is 0 Å². The van der Waals surface area contributed by atoms with Crippen LogP contribution in [0.5, 0.6) is 0 Å². The molecule has 2 amide bonds. The van der Waals surface area contributed by atoms with Gasteiger partial charge in [-0.15, -0.1) is 0 Å². The van der Waals surface area contributed by atoms with E-state index in [1.165, 1.54) is 18.2 Å². The highest BCUT2D eigenvalue weighted by atomic mass is 35.5. The maximum absolute atomic E-state index is 13.0. The molecule has 7 heteroatoms. The van der Waals surface area contributed by atoms with Crippen LogP contribution in [0.1, 0.15) is 12.5 Å². The summed E-state index contributed by atoms with van der Waals surface area (Å²) in [6, 6.07) is 13.6. The zero-order chi connectivity index (χ0) is 20.8. The van der Waals surface area contributed by atoms with Crippen molar-refractivity contribution in [1.82, 2.24) is 10.2 Å². The molecule has 0 spiro atoms. The van der Waals surface area contributed by atoms with Crippen molar-refractivity contribution in [2.75, 3.05) is 37.6 Å². The Morgan fingerprint density at radius 1 is 1.10 bits per heavy atom. The zero-order valence-electron chi connectivity index (χ0n) is 16.2. The molecule has 1 N–H and O–H groups in total. The lowest BCUT2D eigenvalue weighted by molar-refractivity contribution is -0.132. The molecule has 0 bridgehead atoms. The summed E-state index contributed by atoms with van der Waals surface area (Å²) < 4.78 is 13.0. The molecule has 1 aliphatic rings. The Bertz CT molecular complexity index is 907. The predicted molar refractivity (Wildman–Crippen MR) is 113 cm³/mol. The van der Waals surface area contributed by atoms with E-state index in [2.05, 4.69) is 10.2 Å². The van der Waals surface area contributed by atoms with Crippen molar-refractivity contribution in [2.45, 2.75) is 6.92 Å². The first kappa shape index (κ1) is 20.9. The van der Waals surface area contributed by atoms with Gasteiger partial charge in [-0.1, -0.05) is 29.8 Å². The van der Waals surface area contributed by atoms with Crippen molar-refractivity contribution in [2.24, 2.45) is 0 Å². The van der Waals surface area contributed by atoms with Crippen LogP contribution in [0.25, 0.3) is 5.57 Å². The zero-order valence-corrected chi connectivity index (χ0v) is 17.0. The third-order valence-corrected chi connectivity index (χ3v) is 5.10. The number of benzene rings is 2. The number of hydrogen-bond acceptors (Lipinski definition) is 3. The summed E-state index contributed by atoms with van der Waals surface area (Å²) in [5.74, 6) is -0.790. The maximum atomic E-state index is 13.0. The number of amides is 2. The number of carbonyl (C=O) groups is 2. The Hall–Kier alpha value is -2.86. The Balaban J connectivity index is 1.46. The van der Waals surface area contributed by atoms with E-state index in [1.54, 1.807) is 24.0 Å². The van der Waals surface area contributed by atoms with Crippen LogP contribution < -0.4 is 10.2 Å². The third-order valence-electron chi connectivity index (χ3n) is 4.87. The first-order valence-electron chi connectivity index (χ1n) is 9.43. The summed E-state index contributed by atoms with van der Waals surface area (Å²) in [7, 11) is 0. The second kappa shape index (κ2) is 9.56. The van der Waals surface area contributed by atoms with Crippen molar-refractivity contribution >= 4 is 34.7 Å². The number of piperazine rings is 1. The third kappa shape index (κ3) is 5.81. The minimum atomic E-state index is -0.349. The van der Waals surface area contributed by atoms with Crippen molar-refractivity contribution < 1.29 is 14.0 Å². The summed E-state index contributed by atoms with van der Waals surface area (Å²) in [6.07, 6.45) is 1.41. The van der Waals surface area contributed by atoms with Crippen LogP contribution in [-0.4, -0.2) is 49.4 Å². The van der Waals surface area contributed by atoms with Crippen LogP contribution in [0.2, 0.25) is 5.02 Å². The molecule has 1 heterocycles. The summed E-state index contributed by atoms with van der Waals surface area (Å²) >= 11 is 6.04. The van der Waals surface area contributed by atoms with Gasteiger partial charge in [0.15, 0.2) is 0 Å². The van der Waals surface area contributed by atoms with Gasteiger partial charge in [-0.2, -0.15) is 0 Å². The molecule has 1 aliphatic heterocycles. The Labute approximate surface area is 174 Å². The summed E-state index contributed by atoms with van der Waals surface area (Å²) in [5, 5.41) is 3.32. The van der Waals surface area contributed by atoms with E-state index in [9.17, 15) is 14.0 Å². The van der Waals surface area contributed by atoms with Gasteiger partial charge in [0.05, 0.1) is 6.54 Å². The molecule has 0 unspecified atom stereocenters. The van der Waals surface area contributed by atoms with Crippen molar-refractivity contribution in [1.29, 1.82) is 0 Å². The van der Waals surface area contributed by atoms with E-state index in [1.807, 2.05) is 24.3 Å². The van der Waals surface area contributed by atoms with Crippen molar-refractivity contribution in [3.8, 4) is 0 Å². The monoisotopic (exact) mass is 415 g/mol. The number of nitrogens with zero attached hydrogens (tertiary/aromatic N) is 2. The maximum Gasteiger partial charge on any atom is 0.244 e. The van der Waals surface area contributed by atoms with E-state index in [0.717, 1.165) is 11.3 Å². The Kier molecular flexibility index (Phi) is 6.88. The lowest BCUT2D eigenvalue weighted by Gasteiger charge is -2.36. The molecule has 0 aromatic heterocycles. The van der Waals surface area contributed by atoms with Crippen LogP contribution in [0, 0.1) is 5.82 Å². The topological polar surface area (TPSA) is 52.7 Å². The molecule has 5 nitrogen and oxygen atoms in total. The Morgan fingerprint density at radius 3 is 2.45 bits per heavy atom. The van der Waals surface area contributed by atoms with Crippen LogP contribution in [0.4, 0.5) is 10.1 Å². The standard InChI is InChI=1S/C22H23ClFN3O2/c1-16(17-5-7-19(24)8-6-17)13-21(28)25-15-22(29)27-11-9-26(10-12-27)20-4-2-3-18(23)14-20/h2-8,13-14H,9-12,15H2,1H3,(H,25,28)/b16-13+. The number of rotatable bonds is 5. The van der Waals surface area contributed by atoms with Gasteiger partial charge in [0.25, 0.3) is 0 Å². The smallest absolute Gasteiger partial charge is 0.244 e. The molecule has 0 radical (unpaired) electrons. The van der Waals surface area contributed by atoms with Crippen molar-refractivity contribution in [3.63, 3.8) is 0 Å². The van der Waals surface area contributed by atoms with Gasteiger partial charge in [0, 0.05) is 43.0 Å². The second-order valence-corrected chi connectivity index (χ2v) is 7.34. The van der Waals surface area contributed by atoms with Gasteiger partial charge in [0.1, 0.15) is 5.82 Å². The highest BCUT2D eigenvalue weighted by molar-refractivity contribution is 6.30. The lowest BCUT2D eigenvalue weighted by atomic mass is 10.1. The molecule has 1 fully saturated rings. The van der Waals surface area contributed by atoms with Crippen molar-refractivity contribution in [3.05, 3.63) is 71.0 Å². The number of nitrogens with one attached hydrogen (secondary N) is 1. The first-order chi connectivity index (χ1) is 13.9. The molecule has 0 aliphatic carbocycles.